The maximum atomic E-state index is 13.0. The zero-order chi connectivity index (χ0) is 19.5. The fourth-order valence-electron chi connectivity index (χ4n) is 3.37. The van der Waals surface area contributed by atoms with Crippen molar-refractivity contribution in [1.29, 1.82) is 0 Å². The van der Waals surface area contributed by atoms with Crippen molar-refractivity contribution < 1.29 is 14.7 Å². The van der Waals surface area contributed by atoms with E-state index in [9.17, 15) is 19.5 Å². The summed E-state index contributed by atoms with van der Waals surface area (Å²) in [6.45, 7) is 6.36. The third-order valence-corrected chi connectivity index (χ3v) is 4.73. The highest BCUT2D eigenvalue weighted by Gasteiger charge is 2.32. The third-order valence-electron chi connectivity index (χ3n) is 4.73. The van der Waals surface area contributed by atoms with Gasteiger partial charge in [-0.05, 0) is 24.7 Å². The van der Waals surface area contributed by atoms with Crippen LogP contribution in [0.3, 0.4) is 0 Å². The summed E-state index contributed by atoms with van der Waals surface area (Å²) in [5.41, 5.74) is -0.114. The van der Waals surface area contributed by atoms with Gasteiger partial charge in [0, 0.05) is 24.6 Å². The van der Waals surface area contributed by atoms with E-state index >= 15 is 0 Å². The molecule has 2 aromatic rings. The van der Waals surface area contributed by atoms with E-state index in [0.29, 0.717) is 30.0 Å². The highest BCUT2D eigenvalue weighted by atomic mass is 16.3. The van der Waals surface area contributed by atoms with Crippen LogP contribution in [0.25, 0.3) is 5.65 Å². The number of carbonyl (C=O) groups is 2. The maximum Gasteiger partial charge on any atom is 0.291 e. The van der Waals surface area contributed by atoms with Crippen LogP contribution < -0.4 is 16.2 Å². The van der Waals surface area contributed by atoms with Crippen molar-refractivity contribution in [2.45, 2.75) is 59.0 Å². The molecule has 0 unspecified atom stereocenters. The van der Waals surface area contributed by atoms with E-state index in [0.717, 1.165) is 17.4 Å². The number of hydrogen-bond acceptors (Lipinski definition) is 5. The Bertz CT molecular complexity index is 1020. The molecule has 3 N–H and O–H groups in total. The number of rotatable bonds is 3. The lowest BCUT2D eigenvalue weighted by molar-refractivity contribution is -0.116. The van der Waals surface area contributed by atoms with Crippen LogP contribution in [-0.2, 0) is 17.8 Å². The van der Waals surface area contributed by atoms with Crippen LogP contribution in [0.1, 0.15) is 56.0 Å². The number of aryl methyl sites for hydroxylation is 1. The average molecular weight is 373 g/mol. The minimum atomic E-state index is -0.686. The van der Waals surface area contributed by atoms with Crippen LogP contribution in [0.5, 0.6) is 5.88 Å². The van der Waals surface area contributed by atoms with Crippen molar-refractivity contribution in [3.63, 3.8) is 0 Å². The zero-order valence-electron chi connectivity index (χ0n) is 15.6. The normalized spacial score (nSPS) is 16.9. The van der Waals surface area contributed by atoms with Gasteiger partial charge < -0.3 is 15.7 Å². The molecule has 144 valence electrons. The zero-order valence-corrected chi connectivity index (χ0v) is 15.6. The van der Waals surface area contributed by atoms with E-state index in [1.807, 2.05) is 20.8 Å². The molecule has 1 aliphatic carbocycles. The molecule has 2 aromatic heterocycles. The molecular formula is C18H23N5O4. The van der Waals surface area contributed by atoms with E-state index in [2.05, 4.69) is 15.7 Å². The Morgan fingerprint density at radius 3 is 2.63 bits per heavy atom. The number of hydrogen-bond donors (Lipinski definition) is 3. The molecule has 0 atom stereocenters. The van der Waals surface area contributed by atoms with Gasteiger partial charge in [-0.1, -0.05) is 20.8 Å². The summed E-state index contributed by atoms with van der Waals surface area (Å²) in [6.07, 6.45) is 2.43. The number of nitrogens with zero attached hydrogens (tertiary/aromatic N) is 3. The minimum absolute atomic E-state index is 0.0492. The fraction of sp³-hybridized carbons (Fsp3) is 0.556. The Kier molecular flexibility index (Phi) is 3.79. The first kappa shape index (κ1) is 17.6. The summed E-state index contributed by atoms with van der Waals surface area (Å²) in [7, 11) is 0. The van der Waals surface area contributed by atoms with Gasteiger partial charge in [0.15, 0.2) is 11.4 Å². The standard InChI is InChI=1S/C18H23N5O4/c1-18(2,3)8-22-15-10-6-7-11(24)20-13(10)21-23(15)17(27)12(16(22)26)14(25)19-9-4-5-9/h9,26H,4-8H2,1-3H3,(H,19,25)(H,20,21,24). The summed E-state index contributed by atoms with van der Waals surface area (Å²) in [4.78, 5) is 37.3. The molecule has 0 saturated heterocycles. The first-order valence-corrected chi connectivity index (χ1v) is 9.14. The van der Waals surface area contributed by atoms with Crippen molar-refractivity contribution in [3.05, 3.63) is 21.5 Å². The molecular weight excluding hydrogens is 350 g/mol. The first-order valence-electron chi connectivity index (χ1n) is 9.14. The van der Waals surface area contributed by atoms with E-state index in [1.165, 1.54) is 0 Å². The number of fused-ring (bicyclic) bond motifs is 3. The molecule has 27 heavy (non-hydrogen) atoms. The predicted molar refractivity (Wildman–Crippen MR) is 98.0 cm³/mol. The van der Waals surface area contributed by atoms with Gasteiger partial charge in [-0.25, -0.2) is 0 Å². The van der Waals surface area contributed by atoms with Crippen molar-refractivity contribution in [2.75, 3.05) is 5.32 Å². The van der Waals surface area contributed by atoms with E-state index in [-0.39, 0.29) is 35.2 Å². The number of anilines is 1. The predicted octanol–water partition coefficient (Wildman–Crippen LogP) is 1.02. The van der Waals surface area contributed by atoms with Gasteiger partial charge in [0.1, 0.15) is 5.65 Å². The van der Waals surface area contributed by atoms with Gasteiger partial charge in [0.25, 0.3) is 11.5 Å². The number of aromatic nitrogens is 3. The molecule has 1 aliphatic heterocycles. The number of aromatic hydroxyl groups is 1. The summed E-state index contributed by atoms with van der Waals surface area (Å²) in [5.74, 6) is -0.816. The van der Waals surface area contributed by atoms with E-state index in [1.54, 1.807) is 4.57 Å². The lowest BCUT2D eigenvalue weighted by atomic mass is 9.96. The second-order valence-corrected chi connectivity index (χ2v) is 8.51. The van der Waals surface area contributed by atoms with Gasteiger partial charge in [0.2, 0.25) is 11.8 Å². The molecule has 0 aromatic carbocycles. The number of nitrogens with one attached hydrogen (secondary N) is 2. The minimum Gasteiger partial charge on any atom is -0.494 e. The Hall–Kier alpha value is -2.84. The van der Waals surface area contributed by atoms with Crippen LogP contribution in [0, 0.1) is 5.41 Å². The lowest BCUT2D eigenvalue weighted by Crippen LogP contribution is -2.35. The molecule has 2 amide bonds. The van der Waals surface area contributed by atoms with Crippen LogP contribution in [0.15, 0.2) is 4.79 Å². The summed E-state index contributed by atoms with van der Waals surface area (Å²) < 4.78 is 2.69. The SMILES string of the molecule is CC(C)(C)Cn1c(O)c(C(=O)NC2CC2)c(=O)n2nc3c(c12)CCC(=O)N3. The Labute approximate surface area is 155 Å². The summed E-state index contributed by atoms with van der Waals surface area (Å²) in [5, 5.41) is 20.5. The van der Waals surface area contributed by atoms with Crippen LogP contribution >= 0.6 is 0 Å². The Morgan fingerprint density at radius 2 is 2.00 bits per heavy atom. The van der Waals surface area contributed by atoms with Gasteiger partial charge in [-0.2, -0.15) is 4.52 Å². The number of amides is 2. The van der Waals surface area contributed by atoms with Crippen LogP contribution in [-0.4, -0.2) is 37.1 Å². The molecule has 3 heterocycles. The smallest absolute Gasteiger partial charge is 0.291 e. The molecule has 4 rings (SSSR count). The second-order valence-electron chi connectivity index (χ2n) is 8.51. The molecule has 2 aliphatic rings. The van der Waals surface area contributed by atoms with E-state index in [4.69, 9.17) is 0 Å². The van der Waals surface area contributed by atoms with Crippen molar-refractivity contribution in [3.8, 4) is 5.88 Å². The highest BCUT2D eigenvalue weighted by Crippen LogP contribution is 2.31. The lowest BCUT2D eigenvalue weighted by Gasteiger charge is -2.24. The summed E-state index contributed by atoms with van der Waals surface area (Å²) >= 11 is 0. The molecule has 1 saturated carbocycles. The van der Waals surface area contributed by atoms with Crippen LogP contribution in [0.4, 0.5) is 5.82 Å². The van der Waals surface area contributed by atoms with Crippen LogP contribution in [0.2, 0.25) is 0 Å². The second kappa shape index (κ2) is 5.83. The van der Waals surface area contributed by atoms with Crippen molar-refractivity contribution >= 4 is 23.3 Å². The Balaban J connectivity index is 1.98. The molecule has 0 spiro atoms. The average Bonchev–Trinajstić information content (AvgIpc) is 3.28. The third kappa shape index (κ3) is 3.07. The fourth-order valence-corrected chi connectivity index (χ4v) is 3.37. The highest BCUT2D eigenvalue weighted by molar-refractivity contribution is 5.97. The quantitative estimate of drug-likeness (QED) is 0.743. The Morgan fingerprint density at radius 1 is 1.30 bits per heavy atom. The van der Waals surface area contributed by atoms with E-state index < -0.39 is 11.5 Å². The van der Waals surface area contributed by atoms with Gasteiger partial charge in [0.05, 0.1) is 0 Å². The molecule has 1 fully saturated rings. The van der Waals surface area contributed by atoms with Gasteiger partial charge in [-0.3, -0.25) is 19.0 Å². The van der Waals surface area contributed by atoms with Gasteiger partial charge in [-0.15, -0.1) is 5.10 Å². The van der Waals surface area contributed by atoms with Crippen molar-refractivity contribution in [1.82, 2.24) is 19.5 Å². The molecule has 0 bridgehead atoms. The number of carbonyl (C=O) groups excluding carboxylic acids is 2. The molecule has 9 heteroatoms. The van der Waals surface area contributed by atoms with Gasteiger partial charge >= 0.3 is 0 Å². The first-order chi connectivity index (χ1) is 12.7. The molecule has 0 radical (unpaired) electrons. The summed E-state index contributed by atoms with van der Waals surface area (Å²) in [6, 6.07) is 0.0492. The topological polar surface area (TPSA) is 118 Å². The van der Waals surface area contributed by atoms with Crippen molar-refractivity contribution in [2.24, 2.45) is 5.41 Å². The maximum absolute atomic E-state index is 13.0. The monoisotopic (exact) mass is 373 g/mol. The largest absolute Gasteiger partial charge is 0.494 e. The molecule has 9 nitrogen and oxygen atoms in total.